The molecule has 0 atom stereocenters. The summed E-state index contributed by atoms with van der Waals surface area (Å²) >= 11 is 0. The Morgan fingerprint density at radius 3 is 2.43 bits per heavy atom. The zero-order valence-electron chi connectivity index (χ0n) is 12.2. The minimum absolute atomic E-state index is 0.349. The van der Waals surface area contributed by atoms with Crippen molar-refractivity contribution in [2.45, 2.75) is 13.0 Å². The quantitative estimate of drug-likeness (QED) is 0.904. The summed E-state index contributed by atoms with van der Waals surface area (Å²) in [5.74, 6) is -0.718. The first-order chi connectivity index (χ1) is 10.9. The maximum Gasteiger partial charge on any atom is 0.573 e. The van der Waals surface area contributed by atoms with Crippen LogP contribution in [0.5, 0.6) is 5.75 Å². The van der Waals surface area contributed by atoms with Gasteiger partial charge in [-0.05, 0) is 42.0 Å². The molecule has 0 aliphatic heterocycles. The van der Waals surface area contributed by atoms with Gasteiger partial charge in [0, 0.05) is 18.4 Å². The normalized spacial score (nSPS) is 11.1. The average Bonchev–Trinajstić information content (AvgIpc) is 2.48. The molecule has 2 aromatic rings. The minimum atomic E-state index is -4.74. The summed E-state index contributed by atoms with van der Waals surface area (Å²) in [6.45, 7) is 0.380. The summed E-state index contributed by atoms with van der Waals surface area (Å²) in [4.78, 5) is 12.1. The highest BCUT2D eigenvalue weighted by atomic mass is 19.4. The highest BCUT2D eigenvalue weighted by Crippen LogP contribution is 2.24. The number of ether oxygens (including phenoxy) is 2. The van der Waals surface area contributed by atoms with Gasteiger partial charge in [-0.15, -0.1) is 13.2 Å². The van der Waals surface area contributed by atoms with Crippen LogP contribution >= 0.6 is 0 Å². The second-order valence-electron chi connectivity index (χ2n) is 4.66. The number of amides is 1. The van der Waals surface area contributed by atoms with Crippen molar-refractivity contribution >= 4 is 11.6 Å². The predicted molar refractivity (Wildman–Crippen MR) is 78.2 cm³/mol. The molecule has 7 heteroatoms. The maximum absolute atomic E-state index is 12.1. The summed E-state index contributed by atoms with van der Waals surface area (Å²) in [7, 11) is 1.55. The lowest BCUT2D eigenvalue weighted by Gasteiger charge is -2.10. The lowest BCUT2D eigenvalue weighted by atomic mass is 10.1. The van der Waals surface area contributed by atoms with Crippen LogP contribution in [-0.4, -0.2) is 19.4 Å². The molecule has 2 rings (SSSR count). The van der Waals surface area contributed by atoms with Crippen molar-refractivity contribution in [1.29, 1.82) is 0 Å². The molecule has 2 aromatic carbocycles. The molecular formula is C16H14F3NO3. The molecule has 0 saturated carbocycles. The molecular weight excluding hydrogens is 311 g/mol. The predicted octanol–water partition coefficient (Wildman–Crippen LogP) is 3.98. The molecule has 0 spiro atoms. The molecule has 122 valence electrons. The van der Waals surface area contributed by atoms with Gasteiger partial charge in [0.1, 0.15) is 5.75 Å². The second-order valence-corrected chi connectivity index (χ2v) is 4.66. The number of rotatable bonds is 5. The Morgan fingerprint density at radius 2 is 1.83 bits per heavy atom. The number of carbonyl (C=O) groups is 1. The molecule has 1 N–H and O–H groups in total. The van der Waals surface area contributed by atoms with E-state index in [2.05, 4.69) is 10.1 Å². The van der Waals surface area contributed by atoms with Gasteiger partial charge in [0.25, 0.3) is 5.91 Å². The SMILES string of the molecule is COCc1cccc(C(=O)Nc2ccc(OC(F)(F)F)cc2)c1. The first-order valence-electron chi connectivity index (χ1n) is 6.62. The van der Waals surface area contributed by atoms with E-state index in [-0.39, 0.29) is 11.7 Å². The molecule has 0 bridgehead atoms. The van der Waals surface area contributed by atoms with Crippen LogP contribution in [0, 0.1) is 0 Å². The summed E-state index contributed by atoms with van der Waals surface area (Å²) in [5, 5.41) is 2.60. The van der Waals surface area contributed by atoms with Gasteiger partial charge in [-0.25, -0.2) is 0 Å². The van der Waals surface area contributed by atoms with Gasteiger partial charge in [-0.1, -0.05) is 12.1 Å². The molecule has 0 aliphatic carbocycles. The number of nitrogens with one attached hydrogen (secondary N) is 1. The van der Waals surface area contributed by atoms with Gasteiger partial charge in [0.2, 0.25) is 0 Å². The van der Waals surface area contributed by atoms with Gasteiger partial charge >= 0.3 is 6.36 Å². The summed E-state index contributed by atoms with van der Waals surface area (Å²) in [6.07, 6.45) is -4.74. The molecule has 0 saturated heterocycles. The Balaban J connectivity index is 2.04. The summed E-state index contributed by atoms with van der Waals surface area (Å²) in [5.41, 5.74) is 1.63. The van der Waals surface area contributed by atoms with Gasteiger partial charge < -0.3 is 14.8 Å². The smallest absolute Gasteiger partial charge is 0.406 e. The van der Waals surface area contributed by atoms with E-state index < -0.39 is 6.36 Å². The maximum atomic E-state index is 12.1. The van der Waals surface area contributed by atoms with Crippen LogP contribution < -0.4 is 10.1 Å². The number of hydrogen-bond acceptors (Lipinski definition) is 3. The lowest BCUT2D eigenvalue weighted by molar-refractivity contribution is -0.274. The van der Waals surface area contributed by atoms with Crippen LogP contribution in [0.15, 0.2) is 48.5 Å². The Hall–Kier alpha value is -2.54. The highest BCUT2D eigenvalue weighted by Gasteiger charge is 2.30. The number of carbonyl (C=O) groups excluding carboxylic acids is 1. The van der Waals surface area contributed by atoms with Gasteiger partial charge in [-0.3, -0.25) is 4.79 Å². The van der Waals surface area contributed by atoms with E-state index in [1.165, 1.54) is 12.1 Å². The zero-order valence-corrected chi connectivity index (χ0v) is 12.2. The number of hydrogen-bond donors (Lipinski definition) is 1. The highest BCUT2D eigenvalue weighted by molar-refractivity contribution is 6.04. The number of alkyl halides is 3. The van der Waals surface area contributed by atoms with E-state index in [9.17, 15) is 18.0 Å². The average molecular weight is 325 g/mol. The third kappa shape index (κ3) is 5.30. The van der Waals surface area contributed by atoms with Crippen LogP contribution in [0.3, 0.4) is 0 Å². The van der Waals surface area contributed by atoms with Crippen molar-refractivity contribution in [3.63, 3.8) is 0 Å². The third-order valence-corrected chi connectivity index (χ3v) is 2.85. The van der Waals surface area contributed by atoms with Crippen molar-refractivity contribution in [2.75, 3.05) is 12.4 Å². The number of anilines is 1. The van der Waals surface area contributed by atoms with Crippen LogP contribution in [0.4, 0.5) is 18.9 Å². The molecule has 0 aliphatic rings. The van der Waals surface area contributed by atoms with E-state index in [1.807, 2.05) is 6.07 Å². The molecule has 23 heavy (non-hydrogen) atoms. The van der Waals surface area contributed by atoms with Crippen molar-refractivity contribution in [3.05, 3.63) is 59.7 Å². The van der Waals surface area contributed by atoms with Crippen LogP contribution in [0.1, 0.15) is 15.9 Å². The monoisotopic (exact) mass is 325 g/mol. The molecule has 1 amide bonds. The van der Waals surface area contributed by atoms with Crippen molar-refractivity contribution in [3.8, 4) is 5.75 Å². The zero-order chi connectivity index (χ0) is 16.9. The van der Waals surface area contributed by atoms with Crippen molar-refractivity contribution < 1.29 is 27.4 Å². The molecule has 0 radical (unpaired) electrons. The molecule has 4 nitrogen and oxygen atoms in total. The standard InChI is InChI=1S/C16H14F3NO3/c1-22-10-11-3-2-4-12(9-11)15(21)20-13-5-7-14(8-6-13)23-16(17,18)19/h2-9H,10H2,1H3,(H,20,21). The van der Waals surface area contributed by atoms with E-state index in [0.29, 0.717) is 17.9 Å². The van der Waals surface area contributed by atoms with Gasteiger partial charge in [0.05, 0.1) is 6.61 Å². The second kappa shape index (κ2) is 7.15. The van der Waals surface area contributed by atoms with Crippen LogP contribution in [0.2, 0.25) is 0 Å². The van der Waals surface area contributed by atoms with E-state index >= 15 is 0 Å². The van der Waals surface area contributed by atoms with E-state index in [0.717, 1.165) is 17.7 Å². The summed E-state index contributed by atoms with van der Waals surface area (Å²) < 4.78 is 45.0. The topological polar surface area (TPSA) is 47.6 Å². The Morgan fingerprint density at radius 1 is 1.13 bits per heavy atom. The fourth-order valence-corrected chi connectivity index (χ4v) is 1.91. The minimum Gasteiger partial charge on any atom is -0.406 e. The van der Waals surface area contributed by atoms with Gasteiger partial charge in [-0.2, -0.15) is 0 Å². The Labute approximate surface area is 130 Å². The number of methoxy groups -OCH3 is 1. The molecule has 0 heterocycles. The molecule has 0 fully saturated rings. The fourth-order valence-electron chi connectivity index (χ4n) is 1.91. The van der Waals surface area contributed by atoms with E-state index in [1.54, 1.807) is 25.3 Å². The third-order valence-electron chi connectivity index (χ3n) is 2.85. The van der Waals surface area contributed by atoms with Crippen molar-refractivity contribution in [2.24, 2.45) is 0 Å². The van der Waals surface area contributed by atoms with E-state index in [4.69, 9.17) is 4.74 Å². The molecule has 0 unspecified atom stereocenters. The number of benzene rings is 2. The lowest BCUT2D eigenvalue weighted by Crippen LogP contribution is -2.17. The van der Waals surface area contributed by atoms with Crippen molar-refractivity contribution in [1.82, 2.24) is 0 Å². The fraction of sp³-hybridized carbons (Fsp3) is 0.188. The largest absolute Gasteiger partial charge is 0.573 e. The van der Waals surface area contributed by atoms with Gasteiger partial charge in [0.15, 0.2) is 0 Å². The summed E-state index contributed by atoms with van der Waals surface area (Å²) in [6, 6.07) is 11.8. The van der Waals surface area contributed by atoms with Crippen LogP contribution in [0.25, 0.3) is 0 Å². The number of halogens is 3. The van der Waals surface area contributed by atoms with Crippen LogP contribution in [-0.2, 0) is 11.3 Å². The molecule has 0 aromatic heterocycles. The Bertz CT molecular complexity index is 669. The Kier molecular flexibility index (Phi) is 5.23. The first kappa shape index (κ1) is 16.8. The first-order valence-corrected chi connectivity index (χ1v) is 6.62.